The van der Waals surface area contributed by atoms with Gasteiger partial charge < -0.3 is 10.2 Å². The fourth-order valence-electron chi connectivity index (χ4n) is 3.49. The molecule has 31 heavy (non-hydrogen) atoms. The van der Waals surface area contributed by atoms with Crippen LogP contribution in [0.5, 0.6) is 0 Å². The van der Waals surface area contributed by atoms with Gasteiger partial charge in [0.1, 0.15) is 0 Å². The summed E-state index contributed by atoms with van der Waals surface area (Å²) in [7, 11) is 0. The van der Waals surface area contributed by atoms with Gasteiger partial charge in [-0.2, -0.15) is 17.9 Å². The maximum atomic E-state index is 12.9. The molecule has 0 fully saturated rings. The van der Waals surface area contributed by atoms with Crippen molar-refractivity contribution in [3.05, 3.63) is 65.5 Å². The van der Waals surface area contributed by atoms with Crippen molar-refractivity contribution in [1.29, 1.82) is 0 Å². The Balaban J connectivity index is 1.82. The van der Waals surface area contributed by atoms with Gasteiger partial charge in [0.25, 0.3) is 5.91 Å². The largest absolute Gasteiger partial charge is 0.493 e. The number of halogens is 3. The molecule has 1 aliphatic heterocycles. The number of alkyl halides is 3. The zero-order valence-electron chi connectivity index (χ0n) is 16.5. The predicted octanol–water partition coefficient (Wildman–Crippen LogP) is 3.58. The third kappa shape index (κ3) is 4.03. The molecule has 1 aromatic carbocycles. The predicted molar refractivity (Wildman–Crippen MR) is 106 cm³/mol. The first kappa shape index (κ1) is 20.6. The number of hydrogen-bond acceptors (Lipinski definition) is 4. The Morgan fingerprint density at radius 1 is 1.19 bits per heavy atom. The van der Waals surface area contributed by atoms with Gasteiger partial charge in [0.15, 0.2) is 0 Å². The lowest BCUT2D eigenvalue weighted by atomic mass is 10.0. The van der Waals surface area contributed by atoms with Crippen molar-refractivity contribution in [2.45, 2.75) is 25.9 Å². The Kier molecular flexibility index (Phi) is 5.26. The standard InChI is InChI=1S/C22H18F3N3O3/c1-2-13-4-3-5-14(10-13)17-11-15(6-8-26-17)19-12-16-18(7-9-27-20(16)29)28(19)31-21(30)22(23,24)25/h3-6,8,10-12H,2,7,9H2,1H3,(H,27,29). The van der Waals surface area contributed by atoms with Gasteiger partial charge in [-0.3, -0.25) is 9.78 Å². The lowest BCUT2D eigenvalue weighted by molar-refractivity contribution is -0.199. The summed E-state index contributed by atoms with van der Waals surface area (Å²) in [6, 6.07) is 12.4. The number of hydrogen-bond donors (Lipinski definition) is 1. The van der Waals surface area contributed by atoms with E-state index in [0.717, 1.165) is 22.3 Å². The van der Waals surface area contributed by atoms with Crippen LogP contribution in [0.4, 0.5) is 13.2 Å². The highest BCUT2D eigenvalue weighted by atomic mass is 19.4. The second-order valence-corrected chi connectivity index (χ2v) is 7.05. The molecule has 160 valence electrons. The van der Waals surface area contributed by atoms with Crippen molar-refractivity contribution < 1.29 is 27.6 Å². The molecule has 1 aliphatic rings. The Labute approximate surface area is 175 Å². The van der Waals surface area contributed by atoms with Crippen molar-refractivity contribution >= 4 is 11.9 Å². The number of aromatic nitrogens is 2. The number of rotatable bonds is 4. The molecule has 0 atom stereocenters. The van der Waals surface area contributed by atoms with Crippen LogP contribution in [0.15, 0.2) is 48.7 Å². The fourth-order valence-corrected chi connectivity index (χ4v) is 3.49. The van der Waals surface area contributed by atoms with Gasteiger partial charge in [-0.25, -0.2) is 4.79 Å². The van der Waals surface area contributed by atoms with Gasteiger partial charge in [-0.05, 0) is 36.2 Å². The van der Waals surface area contributed by atoms with E-state index in [1.807, 2.05) is 31.2 Å². The summed E-state index contributed by atoms with van der Waals surface area (Å²) in [5, 5.41) is 2.64. The molecule has 2 aromatic heterocycles. The normalized spacial score (nSPS) is 13.5. The van der Waals surface area contributed by atoms with Crippen LogP contribution in [-0.4, -0.2) is 34.3 Å². The highest BCUT2D eigenvalue weighted by molar-refractivity contribution is 5.98. The van der Waals surface area contributed by atoms with E-state index in [2.05, 4.69) is 15.1 Å². The average molecular weight is 429 g/mol. The van der Waals surface area contributed by atoms with Crippen molar-refractivity contribution in [3.63, 3.8) is 0 Å². The molecular formula is C22H18F3N3O3. The van der Waals surface area contributed by atoms with E-state index in [0.29, 0.717) is 11.3 Å². The van der Waals surface area contributed by atoms with Crippen molar-refractivity contribution in [2.75, 3.05) is 6.54 Å². The highest BCUT2D eigenvalue weighted by Gasteiger charge is 2.43. The minimum Gasteiger partial charge on any atom is -0.352 e. The van der Waals surface area contributed by atoms with E-state index in [-0.39, 0.29) is 29.9 Å². The molecule has 6 nitrogen and oxygen atoms in total. The lowest BCUT2D eigenvalue weighted by Crippen LogP contribution is -2.37. The second kappa shape index (κ2) is 7.90. The summed E-state index contributed by atoms with van der Waals surface area (Å²) in [6.45, 7) is 2.25. The lowest BCUT2D eigenvalue weighted by Gasteiger charge is -2.17. The smallest absolute Gasteiger partial charge is 0.352 e. The molecule has 3 aromatic rings. The molecule has 9 heteroatoms. The number of pyridine rings is 1. The topological polar surface area (TPSA) is 73.2 Å². The number of amides is 1. The zero-order valence-corrected chi connectivity index (χ0v) is 16.5. The third-order valence-electron chi connectivity index (χ3n) is 5.04. The molecule has 0 radical (unpaired) electrons. The number of carbonyl (C=O) groups is 2. The zero-order chi connectivity index (χ0) is 22.2. The van der Waals surface area contributed by atoms with Gasteiger partial charge in [0.2, 0.25) is 0 Å². The minimum atomic E-state index is -5.17. The van der Waals surface area contributed by atoms with Crippen LogP contribution in [0.2, 0.25) is 0 Å². The van der Waals surface area contributed by atoms with E-state index in [4.69, 9.17) is 0 Å². The highest BCUT2D eigenvalue weighted by Crippen LogP contribution is 2.30. The number of nitrogens with zero attached hydrogens (tertiary/aromatic N) is 2. The molecule has 3 heterocycles. The quantitative estimate of drug-likeness (QED) is 0.688. The molecule has 0 saturated carbocycles. The van der Waals surface area contributed by atoms with E-state index in [1.54, 1.807) is 12.1 Å². The first-order chi connectivity index (χ1) is 14.8. The summed E-state index contributed by atoms with van der Waals surface area (Å²) in [6.07, 6.45) is -2.59. The third-order valence-corrected chi connectivity index (χ3v) is 5.04. The summed E-state index contributed by atoms with van der Waals surface area (Å²) in [4.78, 5) is 32.8. The Morgan fingerprint density at radius 2 is 2.00 bits per heavy atom. The van der Waals surface area contributed by atoms with Crippen LogP contribution < -0.4 is 10.2 Å². The molecule has 0 bridgehead atoms. The van der Waals surface area contributed by atoms with Gasteiger partial charge in [-0.1, -0.05) is 25.1 Å². The summed E-state index contributed by atoms with van der Waals surface area (Å²) >= 11 is 0. The molecular weight excluding hydrogens is 411 g/mol. The summed E-state index contributed by atoms with van der Waals surface area (Å²) in [5.74, 6) is -2.79. The van der Waals surface area contributed by atoms with Crippen LogP contribution in [0.1, 0.15) is 28.5 Å². The molecule has 1 amide bonds. The van der Waals surface area contributed by atoms with Crippen LogP contribution in [0, 0.1) is 0 Å². The Morgan fingerprint density at radius 3 is 2.74 bits per heavy atom. The molecule has 0 spiro atoms. The van der Waals surface area contributed by atoms with Crippen molar-refractivity contribution in [1.82, 2.24) is 15.0 Å². The Bertz CT molecular complexity index is 1170. The fraction of sp³-hybridized carbons (Fsp3) is 0.227. The Hall–Kier alpha value is -3.62. The van der Waals surface area contributed by atoms with E-state index < -0.39 is 18.1 Å². The van der Waals surface area contributed by atoms with Crippen LogP contribution >= 0.6 is 0 Å². The number of carbonyl (C=O) groups excluding carboxylic acids is 2. The summed E-state index contributed by atoms with van der Waals surface area (Å²) in [5.41, 5.74) is 3.56. The second-order valence-electron chi connectivity index (χ2n) is 7.05. The SMILES string of the molecule is CCc1cccc(-c2cc(-c3cc4c(n3OC(=O)C(F)(F)F)CCNC4=O)ccn2)c1. The van der Waals surface area contributed by atoms with E-state index in [1.165, 1.54) is 12.3 Å². The van der Waals surface area contributed by atoms with Crippen LogP contribution in [-0.2, 0) is 17.6 Å². The summed E-state index contributed by atoms with van der Waals surface area (Å²) < 4.78 is 39.4. The monoisotopic (exact) mass is 429 g/mol. The molecule has 4 rings (SSSR count). The van der Waals surface area contributed by atoms with Crippen molar-refractivity contribution in [2.24, 2.45) is 0 Å². The van der Waals surface area contributed by atoms with Gasteiger partial charge >= 0.3 is 12.1 Å². The van der Waals surface area contributed by atoms with Gasteiger partial charge in [0.05, 0.1) is 22.6 Å². The number of aryl methyl sites for hydroxylation is 1. The number of fused-ring (bicyclic) bond motifs is 1. The molecule has 0 aliphatic carbocycles. The maximum absolute atomic E-state index is 12.9. The number of benzene rings is 1. The van der Waals surface area contributed by atoms with Gasteiger partial charge in [0, 0.05) is 30.3 Å². The maximum Gasteiger partial charge on any atom is 0.493 e. The van der Waals surface area contributed by atoms with Crippen LogP contribution in [0.25, 0.3) is 22.5 Å². The van der Waals surface area contributed by atoms with E-state index in [9.17, 15) is 22.8 Å². The molecule has 0 unspecified atom stereocenters. The molecule has 0 saturated heterocycles. The first-order valence-corrected chi connectivity index (χ1v) is 9.66. The van der Waals surface area contributed by atoms with Gasteiger partial charge in [-0.15, -0.1) is 0 Å². The first-order valence-electron chi connectivity index (χ1n) is 9.66. The number of nitrogens with one attached hydrogen (secondary N) is 1. The van der Waals surface area contributed by atoms with E-state index >= 15 is 0 Å². The minimum absolute atomic E-state index is 0.162. The average Bonchev–Trinajstić information content (AvgIpc) is 3.13. The van der Waals surface area contributed by atoms with Crippen molar-refractivity contribution in [3.8, 4) is 22.5 Å². The van der Waals surface area contributed by atoms with Crippen LogP contribution in [0.3, 0.4) is 0 Å². The molecule has 1 N–H and O–H groups in total.